The number of ether oxygens (including phenoxy) is 1. The van der Waals surface area contributed by atoms with E-state index in [1.54, 1.807) is 6.92 Å². The van der Waals surface area contributed by atoms with Crippen molar-refractivity contribution in [1.82, 2.24) is 4.90 Å². The van der Waals surface area contributed by atoms with Gasteiger partial charge in [0.15, 0.2) is 9.84 Å². The summed E-state index contributed by atoms with van der Waals surface area (Å²) < 4.78 is 55.9. The summed E-state index contributed by atoms with van der Waals surface area (Å²) >= 11 is 0. The lowest BCUT2D eigenvalue weighted by atomic mass is 9.81. The quantitative estimate of drug-likeness (QED) is 0.767. The number of rotatable bonds is 2. The van der Waals surface area contributed by atoms with E-state index >= 15 is 0 Å². The normalized spacial score (nSPS) is 30.5. The maximum absolute atomic E-state index is 13.3. The zero-order valence-corrected chi connectivity index (χ0v) is 13.8. The van der Waals surface area contributed by atoms with E-state index in [9.17, 15) is 22.0 Å². The summed E-state index contributed by atoms with van der Waals surface area (Å²) in [5.74, 6) is -3.19. The Balaban J connectivity index is 2.13. The van der Waals surface area contributed by atoms with Gasteiger partial charge in [-0.1, -0.05) is 0 Å². The van der Waals surface area contributed by atoms with Crippen LogP contribution in [0.15, 0.2) is 0 Å². The molecule has 1 unspecified atom stereocenters. The van der Waals surface area contributed by atoms with E-state index in [0.717, 1.165) is 0 Å². The minimum absolute atomic E-state index is 0.0336. The number of carbonyl (C=O) groups is 1. The van der Waals surface area contributed by atoms with Crippen molar-refractivity contribution in [3.63, 3.8) is 0 Å². The van der Waals surface area contributed by atoms with Crippen LogP contribution in [-0.4, -0.2) is 62.0 Å². The molecule has 2 fully saturated rings. The number of hydrogen-bond acceptors (Lipinski definition) is 4. The zero-order chi connectivity index (χ0) is 16.6. The Bertz CT molecular complexity index is 525. The van der Waals surface area contributed by atoms with Crippen LogP contribution in [0.3, 0.4) is 0 Å². The lowest BCUT2D eigenvalue weighted by Gasteiger charge is -2.40. The second-order valence-electron chi connectivity index (χ2n) is 6.31. The highest BCUT2D eigenvalue weighted by Gasteiger charge is 2.50. The molecule has 0 N–H and O–H groups in total. The van der Waals surface area contributed by atoms with Gasteiger partial charge in [-0.05, 0) is 26.2 Å². The maximum Gasteiger partial charge on any atom is 0.254 e. The van der Waals surface area contributed by atoms with Crippen molar-refractivity contribution in [2.24, 2.45) is 0 Å². The second kappa shape index (κ2) is 6.03. The summed E-state index contributed by atoms with van der Waals surface area (Å²) in [4.78, 5) is 14.2. The molecule has 1 heterocycles. The fourth-order valence-corrected chi connectivity index (χ4v) is 4.43. The van der Waals surface area contributed by atoms with Crippen molar-refractivity contribution in [2.45, 2.75) is 55.8 Å². The van der Waals surface area contributed by atoms with Crippen LogP contribution in [-0.2, 0) is 19.4 Å². The van der Waals surface area contributed by atoms with Crippen molar-refractivity contribution in [1.29, 1.82) is 0 Å². The van der Waals surface area contributed by atoms with Gasteiger partial charge in [-0.3, -0.25) is 4.79 Å². The molecule has 0 aromatic carbocycles. The number of halogens is 2. The van der Waals surface area contributed by atoms with Crippen molar-refractivity contribution < 1.29 is 26.7 Å². The topological polar surface area (TPSA) is 63.7 Å². The molecule has 1 saturated heterocycles. The molecule has 22 heavy (non-hydrogen) atoms. The number of nitrogens with zero attached hydrogens (tertiary/aromatic N) is 1. The monoisotopic (exact) mass is 339 g/mol. The third kappa shape index (κ3) is 3.42. The Morgan fingerprint density at radius 1 is 1.18 bits per heavy atom. The van der Waals surface area contributed by atoms with Crippen molar-refractivity contribution in [2.75, 3.05) is 26.0 Å². The van der Waals surface area contributed by atoms with Crippen LogP contribution in [0.5, 0.6) is 0 Å². The van der Waals surface area contributed by atoms with E-state index < -0.39 is 26.6 Å². The Morgan fingerprint density at radius 3 is 2.32 bits per heavy atom. The summed E-state index contributed by atoms with van der Waals surface area (Å²) in [5, 5.41) is -0.487. The highest BCUT2D eigenvalue weighted by atomic mass is 32.2. The minimum Gasteiger partial charge on any atom is -0.368 e. The van der Waals surface area contributed by atoms with Crippen molar-refractivity contribution in [3.05, 3.63) is 0 Å². The van der Waals surface area contributed by atoms with Crippen LogP contribution in [0, 0.1) is 0 Å². The molecule has 0 aromatic rings. The molecule has 2 rings (SSSR count). The molecular weight excluding hydrogens is 316 g/mol. The molecule has 1 saturated carbocycles. The Morgan fingerprint density at radius 2 is 1.77 bits per heavy atom. The average molecular weight is 339 g/mol. The molecule has 1 atom stereocenters. The molecular formula is C14H23F2NO4S. The fourth-order valence-electron chi connectivity index (χ4n) is 3.08. The second-order valence-corrected chi connectivity index (χ2v) is 8.85. The number of amides is 1. The van der Waals surface area contributed by atoms with Crippen LogP contribution in [0.4, 0.5) is 8.78 Å². The first kappa shape index (κ1) is 17.6. The average Bonchev–Trinajstić information content (AvgIpc) is 2.59. The van der Waals surface area contributed by atoms with E-state index in [2.05, 4.69) is 0 Å². The van der Waals surface area contributed by atoms with Gasteiger partial charge >= 0.3 is 0 Å². The summed E-state index contributed by atoms with van der Waals surface area (Å²) in [6, 6.07) is 0. The van der Waals surface area contributed by atoms with Crippen LogP contribution in [0.25, 0.3) is 0 Å². The number of sulfone groups is 1. The molecule has 0 bridgehead atoms. The first-order valence-electron chi connectivity index (χ1n) is 7.56. The number of methoxy groups -OCH3 is 1. The van der Waals surface area contributed by atoms with Crippen LogP contribution in [0.1, 0.15) is 39.0 Å². The summed E-state index contributed by atoms with van der Waals surface area (Å²) in [6.45, 7) is 2.06. The largest absolute Gasteiger partial charge is 0.368 e. The molecule has 1 amide bonds. The highest BCUT2D eigenvalue weighted by molar-refractivity contribution is 7.92. The summed E-state index contributed by atoms with van der Waals surface area (Å²) in [7, 11) is -1.84. The van der Waals surface area contributed by atoms with Gasteiger partial charge in [-0.25, -0.2) is 17.2 Å². The lowest BCUT2D eigenvalue weighted by Crippen LogP contribution is -2.54. The predicted molar refractivity (Wildman–Crippen MR) is 77.6 cm³/mol. The van der Waals surface area contributed by atoms with Crippen LogP contribution >= 0.6 is 0 Å². The molecule has 0 radical (unpaired) electrons. The number of carbonyl (C=O) groups excluding carboxylic acids is 1. The molecule has 1 aliphatic heterocycles. The van der Waals surface area contributed by atoms with Gasteiger partial charge in [0.2, 0.25) is 5.92 Å². The molecule has 0 aromatic heterocycles. The standard InChI is InChI=1S/C14H23F2NO4S/c1-11-3-8-17(9-10-22(11,19)20)12(18)13(21-2)4-6-14(15,16)7-5-13/h11H,3-10H2,1-2H3. The first-order chi connectivity index (χ1) is 10.1. The van der Waals surface area contributed by atoms with E-state index in [0.29, 0.717) is 13.0 Å². The molecule has 5 nitrogen and oxygen atoms in total. The number of alkyl halides is 2. The molecule has 2 aliphatic rings. The van der Waals surface area contributed by atoms with Gasteiger partial charge in [0.1, 0.15) is 5.60 Å². The van der Waals surface area contributed by atoms with Gasteiger partial charge in [-0.15, -0.1) is 0 Å². The van der Waals surface area contributed by atoms with Gasteiger partial charge < -0.3 is 9.64 Å². The Kier molecular flexibility index (Phi) is 4.82. The Hall–Kier alpha value is -0.760. The maximum atomic E-state index is 13.3. The van der Waals surface area contributed by atoms with Crippen molar-refractivity contribution >= 4 is 15.7 Å². The molecule has 8 heteroatoms. The minimum atomic E-state index is -3.19. The summed E-state index contributed by atoms with van der Waals surface area (Å²) in [5.41, 5.74) is -1.24. The van der Waals surface area contributed by atoms with Gasteiger partial charge in [0.25, 0.3) is 5.91 Å². The third-order valence-electron chi connectivity index (χ3n) is 4.92. The molecule has 0 spiro atoms. The first-order valence-corrected chi connectivity index (χ1v) is 9.27. The molecule has 1 aliphatic carbocycles. The number of hydrogen-bond donors (Lipinski definition) is 0. The van der Waals surface area contributed by atoms with Gasteiger partial charge in [-0.2, -0.15) is 0 Å². The fraction of sp³-hybridized carbons (Fsp3) is 0.929. The van der Waals surface area contributed by atoms with Gasteiger partial charge in [0.05, 0.1) is 11.0 Å². The van der Waals surface area contributed by atoms with E-state index in [-0.39, 0.29) is 43.9 Å². The Labute approximate surface area is 129 Å². The zero-order valence-electron chi connectivity index (χ0n) is 13.0. The SMILES string of the molecule is COC1(C(=O)N2CCC(C)S(=O)(=O)CC2)CCC(F)(F)CC1. The molecule has 128 valence electrons. The van der Waals surface area contributed by atoms with E-state index in [1.165, 1.54) is 12.0 Å². The lowest BCUT2D eigenvalue weighted by molar-refractivity contribution is -0.169. The predicted octanol–water partition coefficient (Wildman–Crippen LogP) is 1.62. The van der Waals surface area contributed by atoms with E-state index in [4.69, 9.17) is 4.74 Å². The third-order valence-corrected chi connectivity index (χ3v) is 7.13. The summed E-state index contributed by atoms with van der Waals surface area (Å²) in [6.07, 6.45) is -0.462. The van der Waals surface area contributed by atoms with Crippen LogP contribution < -0.4 is 0 Å². The highest BCUT2D eigenvalue weighted by Crippen LogP contribution is 2.41. The van der Waals surface area contributed by atoms with Crippen molar-refractivity contribution in [3.8, 4) is 0 Å². The van der Waals surface area contributed by atoms with Crippen LogP contribution in [0.2, 0.25) is 0 Å². The smallest absolute Gasteiger partial charge is 0.254 e. The van der Waals surface area contributed by atoms with E-state index in [1.807, 2.05) is 0 Å². The van der Waals surface area contributed by atoms with Gasteiger partial charge in [0, 0.05) is 33.0 Å².